The van der Waals surface area contributed by atoms with Crippen molar-refractivity contribution in [3.05, 3.63) is 68.2 Å². The first-order valence-corrected chi connectivity index (χ1v) is 7.69. The van der Waals surface area contributed by atoms with Crippen LogP contribution in [-0.4, -0.2) is 17.4 Å². The van der Waals surface area contributed by atoms with Crippen LogP contribution in [-0.2, 0) is 13.0 Å². The number of carbonyl (C=O) groups excluding carboxylic acids is 1. The number of rotatable bonds is 3. The second kappa shape index (κ2) is 5.88. The lowest BCUT2D eigenvalue weighted by atomic mass is 10.1. The molecule has 0 aliphatic carbocycles. The quantitative estimate of drug-likeness (QED) is 0.782. The van der Waals surface area contributed by atoms with Gasteiger partial charge in [-0.2, -0.15) is 0 Å². The maximum absolute atomic E-state index is 12.4. The van der Waals surface area contributed by atoms with Crippen LogP contribution in [0.2, 0.25) is 15.1 Å². The number of halogens is 3. The zero-order valence-electron chi connectivity index (χ0n) is 11.1. The Labute approximate surface area is 138 Å². The van der Waals surface area contributed by atoms with Crippen LogP contribution in [0.5, 0.6) is 0 Å². The van der Waals surface area contributed by atoms with Gasteiger partial charge in [-0.15, -0.1) is 0 Å². The van der Waals surface area contributed by atoms with Crippen LogP contribution in [0.1, 0.15) is 21.5 Å². The van der Waals surface area contributed by atoms with Crippen molar-refractivity contribution in [1.29, 1.82) is 0 Å². The summed E-state index contributed by atoms with van der Waals surface area (Å²) in [6.45, 7) is 1.20. The molecule has 3 rings (SSSR count). The molecule has 0 saturated carbocycles. The van der Waals surface area contributed by atoms with E-state index in [4.69, 9.17) is 34.8 Å². The minimum Gasteiger partial charge on any atom is -0.334 e. The van der Waals surface area contributed by atoms with Gasteiger partial charge in [0.1, 0.15) is 0 Å². The molecule has 1 amide bonds. The Balaban J connectivity index is 1.73. The Morgan fingerprint density at radius 2 is 1.71 bits per heavy atom. The zero-order valence-corrected chi connectivity index (χ0v) is 13.3. The summed E-state index contributed by atoms with van der Waals surface area (Å²) >= 11 is 18.0. The highest BCUT2D eigenvalue weighted by atomic mass is 35.5. The van der Waals surface area contributed by atoms with Crippen molar-refractivity contribution in [3.63, 3.8) is 0 Å². The number of nitrogens with zero attached hydrogens (tertiary/aromatic N) is 1. The lowest BCUT2D eigenvalue weighted by Crippen LogP contribution is -2.26. The Bertz CT molecular complexity index is 697. The van der Waals surface area contributed by atoms with Gasteiger partial charge in [0.2, 0.25) is 0 Å². The van der Waals surface area contributed by atoms with Crippen LogP contribution in [0.15, 0.2) is 36.4 Å². The van der Waals surface area contributed by atoms with Crippen LogP contribution in [0.3, 0.4) is 0 Å². The van der Waals surface area contributed by atoms with Crippen LogP contribution < -0.4 is 0 Å². The minimum atomic E-state index is -0.0272. The number of amides is 1. The molecular formula is C16H12Cl3NO. The number of hydrogen-bond acceptors (Lipinski definition) is 1. The molecule has 0 saturated heterocycles. The molecule has 108 valence electrons. The summed E-state index contributed by atoms with van der Waals surface area (Å²) in [7, 11) is 0. The molecular weight excluding hydrogens is 329 g/mol. The fraction of sp³-hybridized carbons (Fsp3) is 0.188. The summed E-state index contributed by atoms with van der Waals surface area (Å²) in [5, 5.41) is 1.70. The molecule has 0 bridgehead atoms. The highest BCUT2D eigenvalue weighted by Gasteiger charge is 2.29. The van der Waals surface area contributed by atoms with Crippen molar-refractivity contribution in [2.45, 2.75) is 13.0 Å². The largest absolute Gasteiger partial charge is 0.334 e. The summed E-state index contributed by atoms with van der Waals surface area (Å²) in [5.74, 6) is -0.0272. The molecule has 0 N–H and O–H groups in total. The first kappa shape index (κ1) is 14.7. The zero-order chi connectivity index (χ0) is 15.0. The van der Waals surface area contributed by atoms with E-state index in [0.29, 0.717) is 33.7 Å². The SMILES string of the molecule is O=C1c2c(Cl)cc(Cl)cc2CN1CCc1ccc(Cl)cc1. The second-order valence-corrected chi connectivity index (χ2v) is 6.30. The van der Waals surface area contributed by atoms with Gasteiger partial charge in [-0.05, 0) is 41.8 Å². The highest BCUT2D eigenvalue weighted by molar-refractivity contribution is 6.37. The smallest absolute Gasteiger partial charge is 0.256 e. The molecule has 0 spiro atoms. The third kappa shape index (κ3) is 3.03. The van der Waals surface area contributed by atoms with Crippen molar-refractivity contribution < 1.29 is 4.79 Å². The first-order valence-electron chi connectivity index (χ1n) is 6.56. The van der Waals surface area contributed by atoms with E-state index in [1.807, 2.05) is 30.3 Å². The predicted octanol–water partition coefficient (Wildman–Crippen LogP) is 4.85. The van der Waals surface area contributed by atoms with E-state index in [1.165, 1.54) is 0 Å². The molecule has 2 nitrogen and oxygen atoms in total. The third-order valence-corrected chi connectivity index (χ3v) is 4.35. The maximum Gasteiger partial charge on any atom is 0.256 e. The van der Waals surface area contributed by atoms with E-state index >= 15 is 0 Å². The maximum atomic E-state index is 12.4. The van der Waals surface area contributed by atoms with Crippen LogP contribution in [0, 0.1) is 0 Å². The molecule has 1 aliphatic rings. The summed E-state index contributed by atoms with van der Waals surface area (Å²) < 4.78 is 0. The molecule has 5 heteroatoms. The molecule has 0 atom stereocenters. The summed E-state index contributed by atoms with van der Waals surface area (Å²) in [4.78, 5) is 14.2. The third-order valence-electron chi connectivity index (χ3n) is 3.58. The Hall–Kier alpha value is -1.22. The molecule has 1 heterocycles. The Morgan fingerprint density at radius 1 is 1.00 bits per heavy atom. The molecule has 0 radical (unpaired) electrons. The monoisotopic (exact) mass is 339 g/mol. The van der Waals surface area contributed by atoms with E-state index in [0.717, 1.165) is 17.5 Å². The van der Waals surface area contributed by atoms with Gasteiger partial charge in [-0.25, -0.2) is 0 Å². The lowest BCUT2D eigenvalue weighted by molar-refractivity contribution is 0.0780. The van der Waals surface area contributed by atoms with E-state index in [2.05, 4.69) is 0 Å². The average molecular weight is 341 g/mol. The summed E-state index contributed by atoms with van der Waals surface area (Å²) in [6, 6.07) is 11.1. The van der Waals surface area contributed by atoms with Crippen molar-refractivity contribution in [1.82, 2.24) is 4.90 Å². The fourth-order valence-corrected chi connectivity index (χ4v) is 3.26. The molecule has 21 heavy (non-hydrogen) atoms. The number of benzene rings is 2. The van der Waals surface area contributed by atoms with Gasteiger partial charge in [-0.1, -0.05) is 46.9 Å². The van der Waals surface area contributed by atoms with E-state index < -0.39 is 0 Å². The van der Waals surface area contributed by atoms with Crippen LogP contribution in [0.25, 0.3) is 0 Å². The van der Waals surface area contributed by atoms with Crippen molar-refractivity contribution in [3.8, 4) is 0 Å². The molecule has 2 aromatic rings. The van der Waals surface area contributed by atoms with Crippen LogP contribution >= 0.6 is 34.8 Å². The first-order chi connectivity index (χ1) is 10.0. The summed E-state index contributed by atoms with van der Waals surface area (Å²) in [6.07, 6.45) is 0.780. The van der Waals surface area contributed by atoms with Crippen molar-refractivity contribution in [2.75, 3.05) is 6.54 Å². The molecule has 2 aromatic carbocycles. The second-order valence-electron chi connectivity index (χ2n) is 5.02. The van der Waals surface area contributed by atoms with E-state index in [-0.39, 0.29) is 5.91 Å². The van der Waals surface area contributed by atoms with Gasteiger partial charge in [0, 0.05) is 23.1 Å². The average Bonchev–Trinajstić information content (AvgIpc) is 2.74. The number of hydrogen-bond donors (Lipinski definition) is 0. The lowest BCUT2D eigenvalue weighted by Gasteiger charge is -2.15. The van der Waals surface area contributed by atoms with Crippen LogP contribution in [0.4, 0.5) is 0 Å². The van der Waals surface area contributed by atoms with Gasteiger partial charge in [0.05, 0.1) is 10.6 Å². The van der Waals surface area contributed by atoms with Gasteiger partial charge < -0.3 is 4.90 Å². The molecule has 0 aromatic heterocycles. The number of carbonyl (C=O) groups is 1. The summed E-state index contributed by atoms with van der Waals surface area (Å²) in [5.41, 5.74) is 2.62. The van der Waals surface area contributed by atoms with Gasteiger partial charge >= 0.3 is 0 Å². The normalized spacial score (nSPS) is 13.7. The Morgan fingerprint density at radius 3 is 2.43 bits per heavy atom. The standard InChI is InChI=1S/C16H12Cl3NO/c17-12-3-1-10(2-4-12)5-6-20-9-11-7-13(18)8-14(19)15(11)16(20)21/h1-4,7-8H,5-6,9H2. The molecule has 0 fully saturated rings. The molecule has 0 unspecified atom stereocenters. The number of fused-ring (bicyclic) bond motifs is 1. The Kier molecular flexibility index (Phi) is 4.12. The van der Waals surface area contributed by atoms with Gasteiger partial charge in [0.25, 0.3) is 5.91 Å². The van der Waals surface area contributed by atoms with Crippen molar-refractivity contribution >= 4 is 40.7 Å². The minimum absolute atomic E-state index is 0.0272. The van der Waals surface area contributed by atoms with Gasteiger partial charge in [-0.3, -0.25) is 4.79 Å². The van der Waals surface area contributed by atoms with Crippen molar-refractivity contribution in [2.24, 2.45) is 0 Å². The predicted molar refractivity (Wildman–Crippen MR) is 86.4 cm³/mol. The molecule has 1 aliphatic heterocycles. The van der Waals surface area contributed by atoms with Gasteiger partial charge in [0.15, 0.2) is 0 Å². The van der Waals surface area contributed by atoms with E-state index in [1.54, 1.807) is 11.0 Å². The highest BCUT2D eigenvalue weighted by Crippen LogP contribution is 2.32. The topological polar surface area (TPSA) is 20.3 Å². The fourth-order valence-electron chi connectivity index (χ4n) is 2.52. The van der Waals surface area contributed by atoms with E-state index in [9.17, 15) is 4.79 Å².